The topological polar surface area (TPSA) is 66.4 Å². The molecular formula is C15H12ClF4NO3S. The van der Waals surface area contributed by atoms with E-state index in [4.69, 9.17) is 11.6 Å². The van der Waals surface area contributed by atoms with Crippen molar-refractivity contribution in [3.05, 3.63) is 64.4 Å². The summed E-state index contributed by atoms with van der Waals surface area (Å²) in [5.41, 5.74) is -0.780. The molecular weight excluding hydrogens is 386 g/mol. The van der Waals surface area contributed by atoms with E-state index in [0.29, 0.717) is 0 Å². The summed E-state index contributed by atoms with van der Waals surface area (Å²) in [7, 11) is -4.08. The van der Waals surface area contributed by atoms with Crippen LogP contribution in [-0.4, -0.2) is 20.1 Å². The number of benzene rings is 2. The highest BCUT2D eigenvalue weighted by Gasteiger charge is 2.30. The Morgan fingerprint density at radius 1 is 1.12 bits per heavy atom. The minimum absolute atomic E-state index is 0.104. The Kier molecular flexibility index (Phi) is 5.72. The van der Waals surface area contributed by atoms with Gasteiger partial charge in [0.2, 0.25) is 10.0 Å². The van der Waals surface area contributed by atoms with Crippen molar-refractivity contribution in [1.82, 2.24) is 4.72 Å². The molecule has 0 radical (unpaired) electrons. The van der Waals surface area contributed by atoms with Gasteiger partial charge >= 0.3 is 6.18 Å². The first kappa shape index (κ1) is 19.6. The minimum atomic E-state index is -4.51. The Balaban J connectivity index is 2.08. The van der Waals surface area contributed by atoms with Crippen molar-refractivity contribution in [3.63, 3.8) is 0 Å². The summed E-state index contributed by atoms with van der Waals surface area (Å²) >= 11 is 5.52. The van der Waals surface area contributed by atoms with Gasteiger partial charge in [-0.15, -0.1) is 0 Å². The van der Waals surface area contributed by atoms with Crippen molar-refractivity contribution in [3.8, 4) is 0 Å². The highest BCUT2D eigenvalue weighted by atomic mass is 35.5. The number of hydrogen-bond acceptors (Lipinski definition) is 3. The van der Waals surface area contributed by atoms with E-state index in [1.807, 2.05) is 0 Å². The molecule has 0 aromatic heterocycles. The van der Waals surface area contributed by atoms with E-state index in [-0.39, 0.29) is 15.5 Å². The zero-order chi connectivity index (χ0) is 18.8. The molecule has 0 bridgehead atoms. The van der Waals surface area contributed by atoms with Gasteiger partial charge in [-0.3, -0.25) is 0 Å². The van der Waals surface area contributed by atoms with Gasteiger partial charge in [0.25, 0.3) is 0 Å². The zero-order valence-corrected chi connectivity index (χ0v) is 14.0. The van der Waals surface area contributed by atoms with Crippen molar-refractivity contribution < 1.29 is 31.1 Å². The lowest BCUT2D eigenvalue weighted by molar-refractivity contribution is -0.137. The minimum Gasteiger partial charge on any atom is -0.387 e. The summed E-state index contributed by atoms with van der Waals surface area (Å²) in [5, 5.41) is 9.55. The van der Waals surface area contributed by atoms with Gasteiger partial charge in [0.05, 0.1) is 21.6 Å². The molecule has 0 amide bonds. The maximum absolute atomic E-state index is 13.1. The largest absolute Gasteiger partial charge is 0.416 e. The molecule has 0 spiro atoms. The molecule has 0 aliphatic carbocycles. The third-order valence-electron chi connectivity index (χ3n) is 3.29. The second kappa shape index (κ2) is 7.28. The first-order chi connectivity index (χ1) is 11.5. The summed E-state index contributed by atoms with van der Waals surface area (Å²) in [6.45, 7) is -0.483. The first-order valence-corrected chi connectivity index (χ1v) is 8.67. The third-order valence-corrected chi connectivity index (χ3v) is 5.00. The first-order valence-electron chi connectivity index (χ1n) is 6.80. The molecule has 2 rings (SSSR count). The van der Waals surface area contributed by atoms with Crippen molar-refractivity contribution in [2.75, 3.05) is 6.54 Å². The molecule has 0 aliphatic heterocycles. The van der Waals surface area contributed by atoms with E-state index in [0.717, 1.165) is 42.5 Å². The SMILES string of the molecule is O=S(=O)(NC[C@H](O)c1ccc(C(F)(F)F)cc1)c1ccc(F)c(Cl)c1. The normalized spacial score (nSPS) is 13.7. The molecule has 0 fully saturated rings. The summed E-state index contributed by atoms with van der Waals surface area (Å²) in [6, 6.07) is 6.45. The van der Waals surface area contributed by atoms with Crippen LogP contribution in [0, 0.1) is 5.82 Å². The van der Waals surface area contributed by atoms with Gasteiger partial charge in [0, 0.05) is 6.54 Å². The Morgan fingerprint density at radius 3 is 2.24 bits per heavy atom. The van der Waals surface area contributed by atoms with Crippen LogP contribution in [0.5, 0.6) is 0 Å². The van der Waals surface area contributed by atoms with Crippen LogP contribution in [0.25, 0.3) is 0 Å². The van der Waals surface area contributed by atoms with E-state index >= 15 is 0 Å². The van der Waals surface area contributed by atoms with Crippen molar-refractivity contribution in [1.29, 1.82) is 0 Å². The number of hydrogen-bond donors (Lipinski definition) is 2. The highest BCUT2D eigenvalue weighted by molar-refractivity contribution is 7.89. The molecule has 2 aromatic rings. The van der Waals surface area contributed by atoms with Crippen LogP contribution in [0.1, 0.15) is 17.2 Å². The number of sulfonamides is 1. The molecule has 0 heterocycles. The Labute approximate surface area is 146 Å². The van der Waals surface area contributed by atoms with Crippen molar-refractivity contribution in [2.45, 2.75) is 17.2 Å². The molecule has 10 heteroatoms. The fourth-order valence-electron chi connectivity index (χ4n) is 1.93. The second-order valence-electron chi connectivity index (χ2n) is 5.06. The quantitative estimate of drug-likeness (QED) is 0.759. The van der Waals surface area contributed by atoms with E-state index in [9.17, 15) is 31.1 Å². The van der Waals surface area contributed by atoms with Gasteiger partial charge in [-0.05, 0) is 35.9 Å². The van der Waals surface area contributed by atoms with Crippen LogP contribution < -0.4 is 4.72 Å². The molecule has 0 saturated heterocycles. The summed E-state index contributed by atoms with van der Waals surface area (Å²) < 4.78 is 76.7. The average Bonchev–Trinajstić information content (AvgIpc) is 2.54. The predicted molar refractivity (Wildman–Crippen MR) is 83.0 cm³/mol. The summed E-state index contributed by atoms with van der Waals surface area (Å²) in [6.07, 6.45) is -5.87. The smallest absolute Gasteiger partial charge is 0.387 e. The lowest BCUT2D eigenvalue weighted by Gasteiger charge is -2.14. The molecule has 2 N–H and O–H groups in total. The molecule has 0 saturated carbocycles. The third kappa shape index (κ3) is 4.91. The fraction of sp³-hybridized carbons (Fsp3) is 0.200. The van der Waals surface area contributed by atoms with Crippen molar-refractivity contribution in [2.24, 2.45) is 0 Å². The number of nitrogens with one attached hydrogen (secondary N) is 1. The molecule has 1 atom stereocenters. The fourth-order valence-corrected chi connectivity index (χ4v) is 3.24. The molecule has 0 unspecified atom stereocenters. The van der Waals surface area contributed by atoms with Gasteiger partial charge < -0.3 is 5.11 Å². The van der Waals surface area contributed by atoms with Crippen molar-refractivity contribution >= 4 is 21.6 Å². The molecule has 4 nitrogen and oxygen atoms in total. The predicted octanol–water partition coefficient (Wildman–Crippen LogP) is 3.51. The second-order valence-corrected chi connectivity index (χ2v) is 7.24. The maximum Gasteiger partial charge on any atom is 0.416 e. The van der Waals surface area contributed by atoms with E-state index in [1.165, 1.54) is 0 Å². The van der Waals surface area contributed by atoms with E-state index < -0.39 is 40.2 Å². The Morgan fingerprint density at radius 2 is 1.72 bits per heavy atom. The summed E-state index contributed by atoms with van der Waals surface area (Å²) in [4.78, 5) is -0.307. The molecule has 25 heavy (non-hydrogen) atoms. The van der Waals surface area contributed by atoms with Crippen LogP contribution in [-0.2, 0) is 16.2 Å². The van der Waals surface area contributed by atoms with Crippen LogP contribution >= 0.6 is 11.6 Å². The number of aliphatic hydroxyl groups excluding tert-OH is 1. The lowest BCUT2D eigenvalue weighted by atomic mass is 10.1. The van der Waals surface area contributed by atoms with Crippen LogP contribution in [0.4, 0.5) is 17.6 Å². The summed E-state index contributed by atoms with van der Waals surface area (Å²) in [5.74, 6) is -0.787. The van der Waals surface area contributed by atoms with Gasteiger partial charge in [0.15, 0.2) is 0 Å². The van der Waals surface area contributed by atoms with Crippen LogP contribution in [0.3, 0.4) is 0 Å². The van der Waals surface area contributed by atoms with Crippen LogP contribution in [0.15, 0.2) is 47.4 Å². The van der Waals surface area contributed by atoms with E-state index in [1.54, 1.807) is 0 Å². The lowest BCUT2D eigenvalue weighted by Crippen LogP contribution is -2.28. The Hall–Kier alpha value is -1.68. The van der Waals surface area contributed by atoms with E-state index in [2.05, 4.69) is 4.72 Å². The molecule has 2 aromatic carbocycles. The van der Waals surface area contributed by atoms with Gasteiger partial charge in [-0.1, -0.05) is 23.7 Å². The van der Waals surface area contributed by atoms with Gasteiger partial charge in [-0.2, -0.15) is 13.2 Å². The maximum atomic E-state index is 13.1. The van der Waals surface area contributed by atoms with Gasteiger partial charge in [0.1, 0.15) is 5.82 Å². The number of aliphatic hydroxyl groups is 1. The number of halogens is 5. The number of alkyl halides is 3. The molecule has 0 aliphatic rings. The van der Waals surface area contributed by atoms with Crippen LogP contribution in [0.2, 0.25) is 5.02 Å². The standard InChI is InChI=1S/C15H12ClF4NO3S/c16-12-7-11(5-6-13(12)17)25(23,24)21-8-14(22)9-1-3-10(4-2-9)15(18,19)20/h1-7,14,21-22H,8H2/t14-/m0/s1. The van der Waals surface area contributed by atoms with Gasteiger partial charge in [-0.25, -0.2) is 17.5 Å². The zero-order valence-electron chi connectivity index (χ0n) is 12.4. The highest BCUT2D eigenvalue weighted by Crippen LogP contribution is 2.30. The Bertz CT molecular complexity index is 854. The molecule has 136 valence electrons. The monoisotopic (exact) mass is 397 g/mol. The number of rotatable bonds is 5. The average molecular weight is 398 g/mol.